The molecule has 0 saturated heterocycles. The molecule has 0 fully saturated rings. The molecule has 0 heterocycles. The number of hydrogen-bond acceptors (Lipinski definition) is 2. The van der Waals surface area contributed by atoms with Crippen LogP contribution in [0.1, 0.15) is 25.0 Å². The summed E-state index contributed by atoms with van der Waals surface area (Å²) < 4.78 is 5.66. The number of rotatable bonds is 4. The molecule has 0 radical (unpaired) electrons. The molecule has 0 spiro atoms. The molecular formula is C15H14Cl2O2. The Hall–Kier alpha value is -1.22. The van der Waals surface area contributed by atoms with Crippen LogP contribution in [-0.4, -0.2) is 5.11 Å². The normalized spacial score (nSPS) is 12.2. The molecule has 4 heteroatoms. The Bertz CT molecular complexity index is 553. The molecule has 2 nitrogen and oxygen atoms in total. The van der Waals surface area contributed by atoms with Crippen molar-refractivity contribution in [3.63, 3.8) is 0 Å². The SMILES string of the molecule is CC[C@@H](O)c1ccc(Oc2ccc(Cl)cc2Cl)cc1. The highest BCUT2D eigenvalue weighted by molar-refractivity contribution is 6.35. The maximum atomic E-state index is 9.71. The van der Waals surface area contributed by atoms with E-state index in [0.29, 0.717) is 28.0 Å². The summed E-state index contributed by atoms with van der Waals surface area (Å²) >= 11 is 11.9. The Morgan fingerprint density at radius 2 is 1.79 bits per heavy atom. The van der Waals surface area contributed by atoms with Crippen molar-refractivity contribution in [2.75, 3.05) is 0 Å². The van der Waals surface area contributed by atoms with Gasteiger partial charge in [0.25, 0.3) is 0 Å². The van der Waals surface area contributed by atoms with E-state index >= 15 is 0 Å². The topological polar surface area (TPSA) is 29.5 Å². The van der Waals surface area contributed by atoms with Gasteiger partial charge < -0.3 is 9.84 Å². The van der Waals surface area contributed by atoms with Crippen LogP contribution in [0, 0.1) is 0 Å². The highest BCUT2D eigenvalue weighted by Gasteiger charge is 2.06. The van der Waals surface area contributed by atoms with Crippen molar-refractivity contribution in [2.24, 2.45) is 0 Å². The molecule has 0 aliphatic rings. The zero-order chi connectivity index (χ0) is 13.8. The van der Waals surface area contributed by atoms with Crippen LogP contribution in [0.5, 0.6) is 11.5 Å². The van der Waals surface area contributed by atoms with E-state index in [1.165, 1.54) is 0 Å². The molecule has 19 heavy (non-hydrogen) atoms. The van der Waals surface area contributed by atoms with Gasteiger partial charge in [-0.15, -0.1) is 0 Å². The zero-order valence-electron chi connectivity index (χ0n) is 10.4. The fourth-order valence-electron chi connectivity index (χ4n) is 1.68. The highest BCUT2D eigenvalue weighted by atomic mass is 35.5. The molecule has 0 unspecified atom stereocenters. The van der Waals surface area contributed by atoms with E-state index in [0.717, 1.165) is 5.56 Å². The molecule has 0 aliphatic carbocycles. The smallest absolute Gasteiger partial charge is 0.146 e. The predicted octanol–water partition coefficient (Wildman–Crippen LogP) is 5.23. The molecular weight excluding hydrogens is 283 g/mol. The van der Waals surface area contributed by atoms with E-state index in [1.54, 1.807) is 30.3 Å². The quantitative estimate of drug-likeness (QED) is 0.837. The average Bonchev–Trinajstić information content (AvgIpc) is 2.42. The first-order valence-corrected chi connectivity index (χ1v) is 6.76. The van der Waals surface area contributed by atoms with Crippen LogP contribution in [0.4, 0.5) is 0 Å². The summed E-state index contributed by atoms with van der Waals surface area (Å²) in [6.07, 6.45) is 0.247. The van der Waals surface area contributed by atoms with Gasteiger partial charge in [0.1, 0.15) is 11.5 Å². The van der Waals surface area contributed by atoms with Crippen molar-refractivity contribution in [1.82, 2.24) is 0 Å². The van der Waals surface area contributed by atoms with Crippen LogP contribution in [0.3, 0.4) is 0 Å². The van der Waals surface area contributed by atoms with Gasteiger partial charge in [0.2, 0.25) is 0 Å². The first-order chi connectivity index (χ1) is 9.10. The van der Waals surface area contributed by atoms with Crippen molar-refractivity contribution < 1.29 is 9.84 Å². The molecule has 1 N–H and O–H groups in total. The van der Waals surface area contributed by atoms with Crippen molar-refractivity contribution >= 4 is 23.2 Å². The van der Waals surface area contributed by atoms with Crippen LogP contribution in [0.25, 0.3) is 0 Å². The molecule has 2 rings (SSSR count). The second-order valence-electron chi connectivity index (χ2n) is 4.17. The lowest BCUT2D eigenvalue weighted by molar-refractivity contribution is 0.173. The molecule has 0 saturated carbocycles. The standard InChI is InChI=1S/C15H14Cl2O2/c1-2-14(18)10-3-6-12(7-4-10)19-15-8-5-11(16)9-13(15)17/h3-9,14,18H,2H2,1H3/t14-/m1/s1. The lowest BCUT2D eigenvalue weighted by Crippen LogP contribution is -1.94. The molecule has 0 aromatic heterocycles. The number of ether oxygens (including phenoxy) is 1. The van der Waals surface area contributed by atoms with Crippen LogP contribution in [0.15, 0.2) is 42.5 Å². The fourth-order valence-corrected chi connectivity index (χ4v) is 2.13. The molecule has 0 bridgehead atoms. The molecule has 0 aliphatic heterocycles. The second-order valence-corrected chi connectivity index (χ2v) is 5.01. The Morgan fingerprint density at radius 3 is 2.37 bits per heavy atom. The molecule has 2 aromatic rings. The minimum Gasteiger partial charge on any atom is -0.456 e. The summed E-state index contributed by atoms with van der Waals surface area (Å²) in [5.74, 6) is 1.21. The summed E-state index contributed by atoms with van der Waals surface area (Å²) in [5.41, 5.74) is 0.872. The number of halogens is 2. The summed E-state index contributed by atoms with van der Waals surface area (Å²) in [5, 5.41) is 10.7. The van der Waals surface area contributed by atoms with Crippen molar-refractivity contribution in [3.05, 3.63) is 58.1 Å². The third kappa shape index (κ3) is 3.63. The minimum absolute atomic E-state index is 0.437. The van der Waals surface area contributed by atoms with Gasteiger partial charge in [-0.3, -0.25) is 0 Å². The van der Waals surface area contributed by atoms with E-state index in [9.17, 15) is 5.11 Å². The number of aliphatic hydroxyl groups excluding tert-OH is 1. The maximum Gasteiger partial charge on any atom is 0.146 e. The Kier molecular flexibility index (Phi) is 4.70. The lowest BCUT2D eigenvalue weighted by Gasteiger charge is -2.10. The third-order valence-electron chi connectivity index (χ3n) is 2.77. The monoisotopic (exact) mass is 296 g/mol. The van der Waals surface area contributed by atoms with Gasteiger partial charge in [-0.1, -0.05) is 42.3 Å². The number of hydrogen-bond donors (Lipinski definition) is 1. The van der Waals surface area contributed by atoms with Crippen LogP contribution >= 0.6 is 23.2 Å². The van der Waals surface area contributed by atoms with Gasteiger partial charge in [0, 0.05) is 5.02 Å². The van der Waals surface area contributed by atoms with Gasteiger partial charge in [0.05, 0.1) is 11.1 Å². The summed E-state index contributed by atoms with van der Waals surface area (Å²) in [6.45, 7) is 1.93. The predicted molar refractivity (Wildman–Crippen MR) is 78.2 cm³/mol. The van der Waals surface area contributed by atoms with Crippen molar-refractivity contribution in [3.8, 4) is 11.5 Å². The van der Waals surface area contributed by atoms with Gasteiger partial charge in [-0.25, -0.2) is 0 Å². The van der Waals surface area contributed by atoms with E-state index in [2.05, 4.69) is 0 Å². The molecule has 2 aromatic carbocycles. The Labute approximate surface area is 122 Å². The summed E-state index contributed by atoms with van der Waals surface area (Å²) in [7, 11) is 0. The first kappa shape index (κ1) is 14.2. The van der Waals surface area contributed by atoms with Gasteiger partial charge in [-0.2, -0.15) is 0 Å². The zero-order valence-corrected chi connectivity index (χ0v) is 11.9. The molecule has 0 amide bonds. The van der Waals surface area contributed by atoms with E-state index in [-0.39, 0.29) is 0 Å². The van der Waals surface area contributed by atoms with Gasteiger partial charge in [-0.05, 0) is 42.3 Å². The van der Waals surface area contributed by atoms with E-state index < -0.39 is 6.10 Å². The van der Waals surface area contributed by atoms with Crippen LogP contribution < -0.4 is 4.74 Å². The van der Waals surface area contributed by atoms with Crippen LogP contribution in [-0.2, 0) is 0 Å². The fraction of sp³-hybridized carbons (Fsp3) is 0.200. The number of aliphatic hydroxyl groups is 1. The Balaban J connectivity index is 2.15. The average molecular weight is 297 g/mol. The second kappa shape index (κ2) is 6.29. The first-order valence-electron chi connectivity index (χ1n) is 6.01. The lowest BCUT2D eigenvalue weighted by atomic mass is 10.1. The summed E-state index contributed by atoms with van der Waals surface area (Å²) in [4.78, 5) is 0. The van der Waals surface area contributed by atoms with Gasteiger partial charge >= 0.3 is 0 Å². The largest absolute Gasteiger partial charge is 0.456 e. The number of benzene rings is 2. The van der Waals surface area contributed by atoms with Crippen LogP contribution in [0.2, 0.25) is 10.0 Å². The molecule has 100 valence electrons. The van der Waals surface area contributed by atoms with E-state index in [4.69, 9.17) is 27.9 Å². The van der Waals surface area contributed by atoms with Crippen molar-refractivity contribution in [2.45, 2.75) is 19.4 Å². The third-order valence-corrected chi connectivity index (χ3v) is 3.30. The maximum absolute atomic E-state index is 9.71. The van der Waals surface area contributed by atoms with Crippen molar-refractivity contribution in [1.29, 1.82) is 0 Å². The minimum atomic E-state index is -0.437. The molecule has 1 atom stereocenters. The van der Waals surface area contributed by atoms with Gasteiger partial charge in [0.15, 0.2) is 0 Å². The summed E-state index contributed by atoms with van der Waals surface area (Å²) in [6, 6.07) is 12.4. The Morgan fingerprint density at radius 1 is 1.11 bits per heavy atom. The highest BCUT2D eigenvalue weighted by Crippen LogP contribution is 2.32. The van der Waals surface area contributed by atoms with E-state index in [1.807, 2.05) is 19.1 Å².